The molecule has 4 rings (SSSR count). The van der Waals surface area contributed by atoms with Crippen LogP contribution in [0.15, 0.2) is 54.1 Å². The molecule has 1 unspecified atom stereocenters. The maximum absolute atomic E-state index is 12.6. The molecule has 0 radical (unpaired) electrons. The molecule has 2 aromatic carbocycles. The first-order chi connectivity index (χ1) is 13.1. The Morgan fingerprint density at radius 2 is 1.81 bits per heavy atom. The van der Waals surface area contributed by atoms with Crippen LogP contribution in [0.4, 0.5) is 5.69 Å². The highest BCUT2D eigenvalue weighted by molar-refractivity contribution is 5.99. The van der Waals surface area contributed by atoms with Crippen molar-refractivity contribution in [1.29, 1.82) is 0 Å². The summed E-state index contributed by atoms with van der Waals surface area (Å²) >= 11 is 0. The standard InChI is InChI=1S/C22H22N2O3/c1-14(15-8-10-19(11-9-15)24-21(25)16-6-7-16)23-22(26)18-12-17-4-2-3-5-20(17)27-13-18/h2-5,8-12,14,16H,6-7,13H2,1H3,(H,23,26)(H,24,25). The average molecular weight is 362 g/mol. The minimum absolute atomic E-state index is 0.0913. The predicted octanol–water partition coefficient (Wildman–Crippen LogP) is 3.69. The van der Waals surface area contributed by atoms with E-state index < -0.39 is 0 Å². The molecule has 0 bridgehead atoms. The fourth-order valence-corrected chi connectivity index (χ4v) is 3.06. The first-order valence-corrected chi connectivity index (χ1v) is 9.24. The van der Waals surface area contributed by atoms with Crippen molar-refractivity contribution in [3.8, 4) is 5.75 Å². The summed E-state index contributed by atoms with van der Waals surface area (Å²) in [5.74, 6) is 0.932. The monoisotopic (exact) mass is 362 g/mol. The largest absolute Gasteiger partial charge is 0.488 e. The molecule has 0 aromatic heterocycles. The number of hydrogen-bond acceptors (Lipinski definition) is 3. The third-order valence-electron chi connectivity index (χ3n) is 4.90. The van der Waals surface area contributed by atoms with Gasteiger partial charge >= 0.3 is 0 Å². The summed E-state index contributed by atoms with van der Waals surface area (Å²) in [4.78, 5) is 24.4. The van der Waals surface area contributed by atoms with Gasteiger partial charge in [0, 0.05) is 17.2 Å². The van der Waals surface area contributed by atoms with Gasteiger partial charge in [0.25, 0.3) is 5.91 Å². The normalized spacial score (nSPS) is 16.4. The van der Waals surface area contributed by atoms with Gasteiger partial charge in [0.15, 0.2) is 0 Å². The summed E-state index contributed by atoms with van der Waals surface area (Å²) in [6.07, 6.45) is 3.84. The zero-order valence-corrected chi connectivity index (χ0v) is 15.2. The molecule has 0 saturated heterocycles. The van der Waals surface area contributed by atoms with E-state index in [9.17, 15) is 9.59 Å². The minimum atomic E-state index is -0.149. The van der Waals surface area contributed by atoms with Crippen molar-refractivity contribution in [3.05, 3.63) is 65.2 Å². The predicted molar refractivity (Wildman–Crippen MR) is 104 cm³/mol. The molecule has 138 valence electrons. The molecule has 5 nitrogen and oxygen atoms in total. The van der Waals surface area contributed by atoms with Crippen molar-refractivity contribution in [2.75, 3.05) is 11.9 Å². The lowest BCUT2D eigenvalue weighted by Gasteiger charge is -2.20. The molecule has 1 heterocycles. The molecular weight excluding hydrogens is 340 g/mol. The summed E-state index contributed by atoms with van der Waals surface area (Å²) in [5, 5.41) is 5.93. The molecule has 1 fully saturated rings. The molecule has 0 spiro atoms. The lowest BCUT2D eigenvalue weighted by atomic mass is 10.0. The topological polar surface area (TPSA) is 67.4 Å². The summed E-state index contributed by atoms with van der Waals surface area (Å²) in [7, 11) is 0. The van der Waals surface area contributed by atoms with E-state index in [1.54, 1.807) is 0 Å². The summed E-state index contributed by atoms with van der Waals surface area (Å²) in [6.45, 7) is 2.20. The first-order valence-electron chi connectivity index (χ1n) is 9.24. The smallest absolute Gasteiger partial charge is 0.251 e. The highest BCUT2D eigenvalue weighted by Crippen LogP contribution is 2.30. The maximum atomic E-state index is 12.6. The lowest BCUT2D eigenvalue weighted by Crippen LogP contribution is -2.30. The van der Waals surface area contributed by atoms with E-state index in [1.807, 2.05) is 61.5 Å². The summed E-state index contributed by atoms with van der Waals surface area (Å²) < 4.78 is 5.65. The molecule has 1 aliphatic carbocycles. The van der Waals surface area contributed by atoms with Gasteiger partial charge in [0.1, 0.15) is 12.4 Å². The number of anilines is 1. The van der Waals surface area contributed by atoms with Crippen LogP contribution < -0.4 is 15.4 Å². The van der Waals surface area contributed by atoms with Gasteiger partial charge < -0.3 is 15.4 Å². The molecule has 2 aliphatic rings. The number of ether oxygens (including phenoxy) is 1. The van der Waals surface area contributed by atoms with Crippen molar-refractivity contribution in [2.24, 2.45) is 5.92 Å². The van der Waals surface area contributed by atoms with Gasteiger partial charge in [-0.1, -0.05) is 30.3 Å². The van der Waals surface area contributed by atoms with Gasteiger partial charge in [-0.05, 0) is 49.6 Å². The Balaban J connectivity index is 1.38. The average Bonchev–Trinajstić information content (AvgIpc) is 3.53. The summed E-state index contributed by atoms with van der Waals surface area (Å²) in [6, 6.07) is 15.1. The van der Waals surface area contributed by atoms with Gasteiger partial charge in [-0.2, -0.15) is 0 Å². The van der Waals surface area contributed by atoms with Crippen LogP contribution in [-0.2, 0) is 9.59 Å². The number of carbonyl (C=O) groups is 2. The van der Waals surface area contributed by atoms with Crippen LogP contribution in [0.5, 0.6) is 5.75 Å². The Morgan fingerprint density at radius 3 is 2.56 bits per heavy atom. The molecule has 1 aliphatic heterocycles. The molecule has 2 N–H and O–H groups in total. The number of nitrogens with one attached hydrogen (secondary N) is 2. The molecule has 2 aromatic rings. The van der Waals surface area contributed by atoms with Crippen LogP contribution in [0.25, 0.3) is 6.08 Å². The SMILES string of the molecule is CC(NC(=O)C1=Cc2ccccc2OC1)c1ccc(NC(=O)C2CC2)cc1. The molecular formula is C22H22N2O3. The number of hydrogen-bond donors (Lipinski definition) is 2. The number of benzene rings is 2. The number of amides is 2. The second-order valence-corrected chi connectivity index (χ2v) is 7.08. The third-order valence-corrected chi connectivity index (χ3v) is 4.90. The molecule has 27 heavy (non-hydrogen) atoms. The minimum Gasteiger partial charge on any atom is -0.488 e. The van der Waals surface area contributed by atoms with E-state index >= 15 is 0 Å². The van der Waals surface area contributed by atoms with Crippen molar-refractivity contribution < 1.29 is 14.3 Å². The Bertz CT molecular complexity index is 898. The van der Waals surface area contributed by atoms with E-state index in [2.05, 4.69) is 10.6 Å². The van der Waals surface area contributed by atoms with Gasteiger partial charge in [0.05, 0.1) is 11.6 Å². The van der Waals surface area contributed by atoms with Crippen LogP contribution in [0.1, 0.15) is 36.9 Å². The third kappa shape index (κ3) is 4.03. The zero-order chi connectivity index (χ0) is 18.8. The molecule has 1 atom stereocenters. The highest BCUT2D eigenvalue weighted by atomic mass is 16.5. The van der Waals surface area contributed by atoms with E-state index in [1.165, 1.54) is 0 Å². The number of carbonyl (C=O) groups excluding carboxylic acids is 2. The van der Waals surface area contributed by atoms with E-state index in [4.69, 9.17) is 4.74 Å². The molecule has 2 amide bonds. The van der Waals surface area contributed by atoms with Crippen LogP contribution in [0.2, 0.25) is 0 Å². The highest BCUT2D eigenvalue weighted by Gasteiger charge is 2.29. The van der Waals surface area contributed by atoms with Crippen molar-refractivity contribution >= 4 is 23.6 Å². The van der Waals surface area contributed by atoms with Gasteiger partial charge in [-0.15, -0.1) is 0 Å². The van der Waals surface area contributed by atoms with Crippen molar-refractivity contribution in [2.45, 2.75) is 25.8 Å². The number of rotatable bonds is 5. The van der Waals surface area contributed by atoms with Gasteiger partial charge in [0.2, 0.25) is 5.91 Å². The maximum Gasteiger partial charge on any atom is 0.251 e. The Labute approximate surface area is 158 Å². The molecule has 5 heteroatoms. The summed E-state index contributed by atoms with van der Waals surface area (Å²) in [5.41, 5.74) is 3.28. The fourth-order valence-electron chi connectivity index (χ4n) is 3.06. The zero-order valence-electron chi connectivity index (χ0n) is 15.2. The number of fused-ring (bicyclic) bond motifs is 1. The van der Waals surface area contributed by atoms with Gasteiger partial charge in [-0.3, -0.25) is 9.59 Å². The van der Waals surface area contributed by atoms with E-state index in [-0.39, 0.29) is 30.4 Å². The lowest BCUT2D eigenvalue weighted by molar-refractivity contribution is -0.118. The van der Waals surface area contributed by atoms with Crippen molar-refractivity contribution in [1.82, 2.24) is 5.32 Å². The Hall–Kier alpha value is -3.08. The van der Waals surface area contributed by atoms with Gasteiger partial charge in [-0.25, -0.2) is 0 Å². The first kappa shape index (κ1) is 17.3. The van der Waals surface area contributed by atoms with Crippen LogP contribution in [-0.4, -0.2) is 18.4 Å². The Morgan fingerprint density at radius 1 is 1.07 bits per heavy atom. The second kappa shape index (κ2) is 7.27. The van der Waals surface area contributed by atoms with Crippen LogP contribution >= 0.6 is 0 Å². The number of para-hydroxylation sites is 1. The van der Waals surface area contributed by atoms with Crippen LogP contribution in [0.3, 0.4) is 0 Å². The van der Waals surface area contributed by atoms with Crippen LogP contribution in [0, 0.1) is 5.92 Å². The second-order valence-electron chi connectivity index (χ2n) is 7.08. The van der Waals surface area contributed by atoms with E-state index in [0.29, 0.717) is 5.57 Å². The Kier molecular flexibility index (Phi) is 4.67. The van der Waals surface area contributed by atoms with Crippen molar-refractivity contribution in [3.63, 3.8) is 0 Å². The quantitative estimate of drug-likeness (QED) is 0.852. The van der Waals surface area contributed by atoms with E-state index in [0.717, 1.165) is 35.4 Å². The fraction of sp³-hybridized carbons (Fsp3) is 0.273. The molecule has 1 saturated carbocycles.